The molecule has 0 aliphatic heterocycles. The maximum absolute atomic E-state index is 12.1. The van der Waals surface area contributed by atoms with Crippen molar-refractivity contribution in [1.82, 2.24) is 4.72 Å². The fourth-order valence-electron chi connectivity index (χ4n) is 1.90. The highest BCUT2D eigenvalue weighted by molar-refractivity contribution is 7.89. The van der Waals surface area contributed by atoms with Crippen molar-refractivity contribution in [2.75, 3.05) is 13.2 Å². The number of rotatable bonds is 7. The summed E-state index contributed by atoms with van der Waals surface area (Å²) in [7, 11) is -3.47. The van der Waals surface area contributed by atoms with Gasteiger partial charge in [0.25, 0.3) is 0 Å². The molecule has 0 bridgehead atoms. The Bertz CT molecular complexity index is 776. The van der Waals surface area contributed by atoms with Crippen molar-refractivity contribution < 1.29 is 13.2 Å². The van der Waals surface area contributed by atoms with E-state index in [4.69, 9.17) is 10.00 Å². The van der Waals surface area contributed by atoms with Gasteiger partial charge in [0, 0.05) is 6.54 Å². The topological polar surface area (TPSA) is 79.2 Å². The van der Waals surface area contributed by atoms with Gasteiger partial charge in [0.05, 0.1) is 23.1 Å². The summed E-state index contributed by atoms with van der Waals surface area (Å²) in [6.45, 7) is 2.60. The molecule has 23 heavy (non-hydrogen) atoms. The Hall–Kier alpha value is -2.36. The van der Waals surface area contributed by atoms with Crippen LogP contribution in [0.25, 0.3) is 0 Å². The monoisotopic (exact) mass is 330 g/mol. The third-order valence-corrected chi connectivity index (χ3v) is 4.67. The van der Waals surface area contributed by atoms with Gasteiger partial charge >= 0.3 is 0 Å². The Morgan fingerprint density at radius 2 is 1.74 bits per heavy atom. The number of nitrogens with one attached hydrogen (secondary N) is 1. The first-order valence-electron chi connectivity index (χ1n) is 7.20. The molecule has 6 heteroatoms. The molecule has 2 aromatic rings. The zero-order valence-electron chi connectivity index (χ0n) is 12.8. The molecule has 1 N–H and O–H groups in total. The highest BCUT2D eigenvalue weighted by Gasteiger charge is 2.12. The summed E-state index contributed by atoms with van der Waals surface area (Å²) in [6, 6.07) is 15.5. The lowest BCUT2D eigenvalue weighted by molar-refractivity contribution is 0.311. The second kappa shape index (κ2) is 7.77. The Morgan fingerprint density at radius 3 is 2.35 bits per heavy atom. The molecule has 0 radical (unpaired) electrons. The first-order valence-corrected chi connectivity index (χ1v) is 8.69. The molecule has 0 saturated heterocycles. The van der Waals surface area contributed by atoms with Gasteiger partial charge in [0.2, 0.25) is 10.0 Å². The van der Waals surface area contributed by atoms with Gasteiger partial charge in [-0.1, -0.05) is 17.7 Å². The van der Waals surface area contributed by atoms with Crippen LogP contribution in [0.3, 0.4) is 0 Å². The van der Waals surface area contributed by atoms with Crippen LogP contribution in [0.1, 0.15) is 17.5 Å². The lowest BCUT2D eigenvalue weighted by Crippen LogP contribution is -2.25. The molecule has 0 spiro atoms. The van der Waals surface area contributed by atoms with Crippen molar-refractivity contribution in [3.05, 3.63) is 59.7 Å². The molecule has 0 fully saturated rings. The molecule has 2 aromatic carbocycles. The van der Waals surface area contributed by atoms with Crippen molar-refractivity contribution in [1.29, 1.82) is 5.26 Å². The molecular formula is C17H18N2O3S. The van der Waals surface area contributed by atoms with Crippen molar-refractivity contribution in [3.63, 3.8) is 0 Å². The lowest BCUT2D eigenvalue weighted by Gasteiger charge is -2.08. The molecule has 120 valence electrons. The van der Waals surface area contributed by atoms with Gasteiger partial charge in [-0.05, 0) is 49.7 Å². The minimum atomic E-state index is -3.47. The Labute approximate surface area is 136 Å². The molecule has 5 nitrogen and oxygen atoms in total. The van der Waals surface area contributed by atoms with Gasteiger partial charge in [-0.2, -0.15) is 5.26 Å². The van der Waals surface area contributed by atoms with Gasteiger partial charge in [0.1, 0.15) is 5.75 Å². The number of ether oxygens (including phenoxy) is 1. The van der Waals surface area contributed by atoms with E-state index in [1.165, 1.54) is 0 Å². The smallest absolute Gasteiger partial charge is 0.240 e. The Balaban J connectivity index is 1.76. The van der Waals surface area contributed by atoms with Crippen LogP contribution in [-0.4, -0.2) is 21.6 Å². The normalized spacial score (nSPS) is 11.0. The van der Waals surface area contributed by atoms with Crippen LogP contribution in [0.15, 0.2) is 53.4 Å². The molecule has 0 aliphatic carbocycles. The summed E-state index contributed by atoms with van der Waals surface area (Å²) in [5.41, 5.74) is 1.59. The van der Waals surface area contributed by atoms with E-state index in [1.807, 2.05) is 13.0 Å². The highest BCUT2D eigenvalue weighted by Crippen LogP contribution is 2.12. The van der Waals surface area contributed by atoms with E-state index >= 15 is 0 Å². The average molecular weight is 330 g/mol. The van der Waals surface area contributed by atoms with Crippen LogP contribution in [-0.2, 0) is 10.0 Å². The lowest BCUT2D eigenvalue weighted by atomic mass is 10.2. The molecule has 0 aromatic heterocycles. The van der Waals surface area contributed by atoms with Crippen LogP contribution in [0.5, 0.6) is 5.75 Å². The first-order chi connectivity index (χ1) is 11.0. The zero-order valence-corrected chi connectivity index (χ0v) is 13.6. The van der Waals surface area contributed by atoms with Crippen LogP contribution < -0.4 is 9.46 Å². The Kier molecular flexibility index (Phi) is 5.74. The van der Waals surface area contributed by atoms with Gasteiger partial charge in [-0.25, -0.2) is 13.1 Å². The minimum Gasteiger partial charge on any atom is -0.494 e. The quantitative estimate of drug-likeness (QED) is 0.792. The van der Waals surface area contributed by atoms with Crippen molar-refractivity contribution >= 4 is 10.0 Å². The largest absolute Gasteiger partial charge is 0.494 e. The number of hydrogen-bond donors (Lipinski definition) is 1. The molecule has 0 amide bonds. The molecule has 0 unspecified atom stereocenters. The molecular weight excluding hydrogens is 312 g/mol. The van der Waals surface area contributed by atoms with E-state index in [0.717, 1.165) is 5.56 Å². The molecule has 0 heterocycles. The van der Waals surface area contributed by atoms with Crippen LogP contribution >= 0.6 is 0 Å². The minimum absolute atomic E-state index is 0.260. The predicted molar refractivity (Wildman–Crippen MR) is 87.6 cm³/mol. The zero-order chi connectivity index (χ0) is 16.7. The summed E-state index contributed by atoms with van der Waals surface area (Å²) in [4.78, 5) is 0.260. The van der Waals surface area contributed by atoms with E-state index in [9.17, 15) is 8.42 Å². The fraction of sp³-hybridized carbons (Fsp3) is 0.235. The van der Waals surface area contributed by atoms with Crippen molar-refractivity contribution in [2.45, 2.75) is 18.2 Å². The molecule has 0 aliphatic rings. The number of nitrogens with zero attached hydrogens (tertiary/aromatic N) is 1. The third kappa shape index (κ3) is 5.09. The van der Waals surface area contributed by atoms with Gasteiger partial charge in [-0.15, -0.1) is 0 Å². The van der Waals surface area contributed by atoms with Crippen molar-refractivity contribution in [3.8, 4) is 11.8 Å². The van der Waals surface area contributed by atoms with E-state index in [0.29, 0.717) is 30.9 Å². The number of nitriles is 1. The second-order valence-corrected chi connectivity index (χ2v) is 6.82. The van der Waals surface area contributed by atoms with Crippen LogP contribution in [0.4, 0.5) is 0 Å². The second-order valence-electron chi connectivity index (χ2n) is 5.05. The summed E-state index contributed by atoms with van der Waals surface area (Å²) >= 11 is 0. The predicted octanol–water partition coefficient (Wildman–Crippen LogP) is 2.61. The fourth-order valence-corrected chi connectivity index (χ4v) is 2.97. The van der Waals surface area contributed by atoms with E-state index in [-0.39, 0.29) is 4.90 Å². The van der Waals surface area contributed by atoms with E-state index < -0.39 is 10.0 Å². The number of sulfonamides is 1. The third-order valence-electron chi connectivity index (χ3n) is 3.20. The summed E-state index contributed by atoms with van der Waals surface area (Å²) < 4.78 is 32.2. The van der Waals surface area contributed by atoms with E-state index in [1.54, 1.807) is 48.5 Å². The first kappa shape index (κ1) is 17.0. The number of hydrogen-bond acceptors (Lipinski definition) is 4. The average Bonchev–Trinajstić information content (AvgIpc) is 2.55. The summed E-state index contributed by atoms with van der Waals surface area (Å²) in [6.07, 6.45) is 0.547. The van der Waals surface area contributed by atoms with Crippen molar-refractivity contribution in [2.24, 2.45) is 0 Å². The van der Waals surface area contributed by atoms with Gasteiger partial charge in [0.15, 0.2) is 0 Å². The molecule has 2 rings (SSSR count). The van der Waals surface area contributed by atoms with Crippen LogP contribution in [0, 0.1) is 18.3 Å². The van der Waals surface area contributed by atoms with E-state index in [2.05, 4.69) is 4.72 Å². The molecule has 0 saturated carbocycles. The SMILES string of the molecule is Cc1ccc(S(=O)(=O)NCCCOc2ccc(C#N)cc2)cc1. The standard InChI is InChI=1S/C17H18N2O3S/c1-14-3-9-17(10-4-14)23(20,21)19-11-2-12-22-16-7-5-15(13-18)6-8-16/h3-10,19H,2,11-12H2,1H3. The highest BCUT2D eigenvalue weighted by atomic mass is 32.2. The number of benzene rings is 2. The maximum atomic E-state index is 12.1. The summed E-state index contributed by atoms with van der Waals surface area (Å²) in [5, 5.41) is 8.70. The maximum Gasteiger partial charge on any atom is 0.240 e. The van der Waals surface area contributed by atoms with Gasteiger partial charge in [-0.3, -0.25) is 0 Å². The Morgan fingerprint density at radius 1 is 1.09 bits per heavy atom. The van der Waals surface area contributed by atoms with Crippen LogP contribution in [0.2, 0.25) is 0 Å². The molecule has 0 atom stereocenters. The van der Waals surface area contributed by atoms with Gasteiger partial charge < -0.3 is 4.74 Å². The number of aryl methyl sites for hydroxylation is 1. The summed E-state index contributed by atoms with van der Waals surface area (Å²) in [5.74, 6) is 0.658.